The highest BCUT2D eigenvalue weighted by Crippen LogP contribution is 2.46. The summed E-state index contributed by atoms with van der Waals surface area (Å²) in [5.74, 6) is -4.49. The zero-order valence-electron chi connectivity index (χ0n) is 21.5. The molecule has 0 bridgehead atoms. The first-order chi connectivity index (χ1) is 19.0. The molecule has 0 N–H and O–H groups in total. The fourth-order valence-electron chi connectivity index (χ4n) is 3.33. The van der Waals surface area contributed by atoms with Crippen LogP contribution >= 0.6 is 80.4 Å². The molecule has 42 heavy (non-hydrogen) atoms. The Kier molecular flexibility index (Phi) is 12.7. The SMILES string of the molecule is C/C(OS(C)(=O)=O)=C(\C(=O)OCC(Cl)(Cl)Cl)N1C(=O)[C@H]([C@@H](C)OC(=O)OCC(Cl)(Cl)Cl)[C@H]1SS(=O)(=O)c1ccccc1. The molecule has 3 atom stereocenters. The number of carbonyl (C=O) groups is 3. The van der Waals surface area contributed by atoms with Gasteiger partial charge < -0.3 is 18.4 Å². The maximum Gasteiger partial charge on any atom is 0.508 e. The lowest BCUT2D eigenvalue weighted by atomic mass is 9.91. The molecule has 236 valence electrons. The molecule has 1 heterocycles. The second-order valence-electron chi connectivity index (χ2n) is 8.35. The number of rotatable bonds is 11. The van der Waals surface area contributed by atoms with Crippen LogP contribution in [0, 0.1) is 5.92 Å². The number of nitrogens with zero attached hydrogens (tertiary/aromatic N) is 1. The number of hydrogen-bond donors (Lipinski definition) is 0. The van der Waals surface area contributed by atoms with Crippen molar-refractivity contribution in [2.24, 2.45) is 5.92 Å². The van der Waals surface area contributed by atoms with Gasteiger partial charge in [0.05, 0.1) is 11.2 Å². The molecule has 1 fully saturated rings. The first-order valence-corrected chi connectivity index (χ1v) is 18.0. The standard InChI is InChI=1S/C21H21Cl6NO11S3/c1-11(38-19(31)37-10-21(25,26)27)14-16(29)28(17(14)40-42(34,35)13-7-5-4-6-8-13)15(12(2)39-41(3,32)33)18(30)36-9-20(22,23)24/h4-8,11,14,17H,9-10H2,1-3H3/b15-12-/t11-,14+,17-/m1/s1. The van der Waals surface area contributed by atoms with Gasteiger partial charge in [-0.15, -0.1) is 0 Å². The highest BCUT2D eigenvalue weighted by molar-refractivity contribution is 8.72. The minimum atomic E-state index is -4.27. The van der Waals surface area contributed by atoms with Gasteiger partial charge in [-0.25, -0.2) is 18.0 Å². The lowest BCUT2D eigenvalue weighted by Crippen LogP contribution is -2.64. The van der Waals surface area contributed by atoms with Crippen LogP contribution in [0.15, 0.2) is 46.7 Å². The number of carbonyl (C=O) groups excluding carboxylic acids is 3. The summed E-state index contributed by atoms with van der Waals surface area (Å²) in [6.07, 6.45) is -2.08. The van der Waals surface area contributed by atoms with E-state index >= 15 is 0 Å². The molecular formula is C21H21Cl6NO11S3. The molecule has 0 aliphatic carbocycles. The van der Waals surface area contributed by atoms with Gasteiger partial charge in [0, 0.05) is 0 Å². The fraction of sp³-hybridized carbons (Fsp3) is 0.476. The van der Waals surface area contributed by atoms with Crippen molar-refractivity contribution in [2.75, 3.05) is 19.5 Å². The normalized spacial score (nSPS) is 19.3. The van der Waals surface area contributed by atoms with Crippen LogP contribution in [0.2, 0.25) is 0 Å². The van der Waals surface area contributed by atoms with E-state index in [1.54, 1.807) is 6.07 Å². The highest BCUT2D eigenvalue weighted by Gasteiger charge is 2.57. The minimum absolute atomic E-state index is 0.169. The van der Waals surface area contributed by atoms with E-state index < -0.39 is 86.7 Å². The Morgan fingerprint density at radius 1 is 0.976 bits per heavy atom. The van der Waals surface area contributed by atoms with Crippen molar-refractivity contribution in [3.05, 3.63) is 41.8 Å². The van der Waals surface area contributed by atoms with Crippen molar-refractivity contribution in [1.82, 2.24) is 4.90 Å². The second kappa shape index (κ2) is 14.4. The first-order valence-electron chi connectivity index (χ1n) is 11.1. The number of hydrogen-bond acceptors (Lipinski definition) is 12. The van der Waals surface area contributed by atoms with Crippen molar-refractivity contribution in [3.8, 4) is 0 Å². The Bertz CT molecular complexity index is 1430. The number of likely N-dealkylation sites (tertiary alicyclic amines) is 1. The van der Waals surface area contributed by atoms with Gasteiger partial charge in [-0.05, 0) is 36.8 Å². The third kappa shape index (κ3) is 11.1. The lowest BCUT2D eigenvalue weighted by Gasteiger charge is -2.47. The second-order valence-corrected chi connectivity index (χ2v) is 18.9. The molecule has 1 saturated heterocycles. The number of β-lactam (4-membered cyclic amide) rings is 1. The third-order valence-electron chi connectivity index (χ3n) is 4.89. The summed E-state index contributed by atoms with van der Waals surface area (Å²) in [6.45, 7) is 0.698. The van der Waals surface area contributed by atoms with Crippen LogP contribution in [-0.2, 0) is 47.0 Å². The average Bonchev–Trinajstić information content (AvgIpc) is 2.82. The quantitative estimate of drug-likeness (QED) is 0.0569. The first kappa shape index (κ1) is 37.1. The van der Waals surface area contributed by atoms with Crippen molar-refractivity contribution in [1.29, 1.82) is 0 Å². The van der Waals surface area contributed by atoms with Crippen molar-refractivity contribution in [2.45, 2.75) is 37.8 Å². The van der Waals surface area contributed by atoms with E-state index in [1.165, 1.54) is 31.2 Å². The summed E-state index contributed by atoms with van der Waals surface area (Å²) in [5.41, 5.74) is -0.817. The van der Waals surface area contributed by atoms with Crippen molar-refractivity contribution >= 4 is 117 Å². The van der Waals surface area contributed by atoms with E-state index in [0.717, 1.165) is 6.92 Å². The molecule has 1 aromatic carbocycles. The summed E-state index contributed by atoms with van der Waals surface area (Å²) in [5, 5.41) is -1.52. The predicted octanol–water partition coefficient (Wildman–Crippen LogP) is 4.93. The molecule has 0 aromatic heterocycles. The summed E-state index contributed by atoms with van der Waals surface area (Å²) in [4.78, 5) is 39.1. The number of benzene rings is 1. The number of esters is 1. The van der Waals surface area contributed by atoms with Crippen LogP contribution in [0.3, 0.4) is 0 Å². The monoisotopic (exact) mass is 769 g/mol. The Hall–Kier alpha value is -1.04. The molecule has 1 aliphatic rings. The Morgan fingerprint density at radius 2 is 1.50 bits per heavy atom. The number of halogens is 6. The van der Waals surface area contributed by atoms with E-state index in [4.69, 9.17) is 88.0 Å². The molecule has 1 aliphatic heterocycles. The number of amides is 1. The highest BCUT2D eigenvalue weighted by atomic mass is 35.6. The molecule has 21 heteroatoms. The van der Waals surface area contributed by atoms with Gasteiger partial charge in [0.1, 0.15) is 36.4 Å². The largest absolute Gasteiger partial charge is 0.508 e. The Balaban J connectivity index is 2.55. The van der Waals surface area contributed by atoms with E-state index in [9.17, 15) is 31.2 Å². The summed E-state index contributed by atoms with van der Waals surface area (Å²) >= 11 is 33.5. The van der Waals surface area contributed by atoms with Gasteiger partial charge in [-0.2, -0.15) is 8.42 Å². The molecular weight excluding hydrogens is 751 g/mol. The summed E-state index contributed by atoms with van der Waals surface area (Å²) in [7, 11) is -8.32. The lowest BCUT2D eigenvalue weighted by molar-refractivity contribution is -0.160. The van der Waals surface area contributed by atoms with Gasteiger partial charge in [-0.1, -0.05) is 87.8 Å². The molecule has 1 aromatic rings. The van der Waals surface area contributed by atoms with E-state index in [0.29, 0.717) is 11.2 Å². The maximum absolute atomic E-state index is 13.4. The molecule has 1 amide bonds. The molecule has 0 saturated carbocycles. The summed E-state index contributed by atoms with van der Waals surface area (Å²) < 4.78 is 65.7. The Labute approximate surface area is 275 Å². The molecule has 12 nitrogen and oxygen atoms in total. The van der Waals surface area contributed by atoms with Gasteiger partial charge in [0.2, 0.25) is 22.4 Å². The van der Waals surface area contributed by atoms with Gasteiger partial charge in [0.15, 0.2) is 5.70 Å². The fourth-order valence-corrected chi connectivity index (χ4v) is 7.86. The van der Waals surface area contributed by atoms with Crippen LogP contribution in [0.5, 0.6) is 0 Å². The van der Waals surface area contributed by atoms with Crippen LogP contribution in [0.1, 0.15) is 13.8 Å². The zero-order valence-corrected chi connectivity index (χ0v) is 28.4. The van der Waals surface area contributed by atoms with E-state index in [1.807, 2.05) is 0 Å². The maximum atomic E-state index is 13.4. The molecule has 0 spiro atoms. The van der Waals surface area contributed by atoms with Gasteiger partial charge in [-0.3, -0.25) is 9.69 Å². The topological polar surface area (TPSA) is 160 Å². The van der Waals surface area contributed by atoms with Crippen molar-refractivity contribution in [3.63, 3.8) is 0 Å². The molecule has 0 unspecified atom stereocenters. The number of ether oxygens (including phenoxy) is 3. The molecule has 2 rings (SSSR count). The predicted molar refractivity (Wildman–Crippen MR) is 157 cm³/mol. The van der Waals surface area contributed by atoms with E-state index in [2.05, 4.69) is 0 Å². The van der Waals surface area contributed by atoms with E-state index in [-0.39, 0.29) is 15.7 Å². The average molecular weight is 772 g/mol. The van der Waals surface area contributed by atoms with Crippen molar-refractivity contribution < 1.29 is 49.6 Å². The summed E-state index contributed by atoms with van der Waals surface area (Å²) in [6, 6.07) is 7.02. The van der Waals surface area contributed by atoms with Crippen LogP contribution in [-0.4, -0.2) is 78.3 Å². The van der Waals surface area contributed by atoms with Gasteiger partial charge >= 0.3 is 22.2 Å². The van der Waals surface area contributed by atoms with Gasteiger partial charge in [0.25, 0.3) is 0 Å². The zero-order chi connectivity index (χ0) is 32.3. The number of alkyl halides is 6. The van der Waals surface area contributed by atoms with Crippen LogP contribution in [0.25, 0.3) is 0 Å². The number of allylic oxidation sites excluding steroid dienone is 1. The van der Waals surface area contributed by atoms with Crippen LogP contribution < -0.4 is 0 Å². The minimum Gasteiger partial charge on any atom is -0.456 e. The Morgan fingerprint density at radius 3 is 2.00 bits per heavy atom. The smallest absolute Gasteiger partial charge is 0.456 e. The molecule has 0 radical (unpaired) electrons. The van der Waals surface area contributed by atoms with Crippen LogP contribution in [0.4, 0.5) is 4.79 Å². The third-order valence-corrected chi connectivity index (χ3v) is 9.83.